The highest BCUT2D eigenvalue weighted by Gasteiger charge is 2.13. The van der Waals surface area contributed by atoms with Gasteiger partial charge in [-0.1, -0.05) is 13.8 Å². The predicted molar refractivity (Wildman–Crippen MR) is 44.4 cm³/mol. The average molecular weight is 152 g/mol. The molecule has 1 N–H and O–H groups in total. The zero-order valence-corrected chi connectivity index (χ0v) is 6.79. The smallest absolute Gasteiger partial charge is 0.182 e. The fraction of sp³-hybridized carbons (Fsp3) is 0.500. The Balaban J connectivity index is 2.66. The van der Waals surface area contributed by atoms with Crippen LogP contribution in [0.25, 0.3) is 0 Å². The fourth-order valence-corrected chi connectivity index (χ4v) is 0.843. The highest BCUT2D eigenvalue weighted by Crippen LogP contribution is 2.04. The van der Waals surface area contributed by atoms with Crippen molar-refractivity contribution >= 4 is 12.0 Å². The molecule has 3 nitrogen and oxygen atoms in total. The molecule has 0 unspecified atom stereocenters. The number of ketones is 1. The Kier molecular flexibility index (Phi) is 2.41. The summed E-state index contributed by atoms with van der Waals surface area (Å²) >= 11 is 0. The number of rotatable bonds is 2. The molecule has 0 saturated carbocycles. The van der Waals surface area contributed by atoms with Crippen LogP contribution in [0.4, 0.5) is 0 Å². The minimum atomic E-state index is 0.0436. The van der Waals surface area contributed by atoms with Gasteiger partial charge in [0.15, 0.2) is 5.78 Å². The minimum Gasteiger partial charge on any atom is -0.376 e. The second kappa shape index (κ2) is 3.32. The molecule has 0 spiro atoms. The zero-order chi connectivity index (χ0) is 8.27. The quantitative estimate of drug-likeness (QED) is 0.633. The number of hydrogen-bond donors (Lipinski definition) is 1. The lowest BCUT2D eigenvalue weighted by Crippen LogP contribution is -2.27. The predicted octanol–water partition coefficient (Wildman–Crippen LogP) is 0.727. The number of allylic oxidation sites excluding steroid dienone is 1. The standard InChI is InChI=1S/C8H12N2O/c1-6(2)8(11)7-5-9-3-4-10-7/h3,5-6,10H,4H2,1-2H3. The van der Waals surface area contributed by atoms with Gasteiger partial charge in [0, 0.05) is 12.1 Å². The summed E-state index contributed by atoms with van der Waals surface area (Å²) in [6.07, 6.45) is 3.31. The number of Topliss-reactive ketones (excluding diaryl/α,β-unsaturated/α-hetero) is 1. The lowest BCUT2D eigenvalue weighted by atomic mass is 10.1. The van der Waals surface area contributed by atoms with Crippen LogP contribution in [0.5, 0.6) is 0 Å². The van der Waals surface area contributed by atoms with E-state index in [9.17, 15) is 4.79 Å². The van der Waals surface area contributed by atoms with Gasteiger partial charge >= 0.3 is 0 Å². The van der Waals surface area contributed by atoms with E-state index in [1.165, 1.54) is 0 Å². The molecule has 1 heterocycles. The summed E-state index contributed by atoms with van der Waals surface area (Å²) < 4.78 is 0. The van der Waals surface area contributed by atoms with Crippen LogP contribution < -0.4 is 5.32 Å². The third-order valence-electron chi connectivity index (χ3n) is 1.48. The lowest BCUT2D eigenvalue weighted by Gasteiger charge is -2.11. The maximum atomic E-state index is 11.3. The normalized spacial score (nSPS) is 16.1. The van der Waals surface area contributed by atoms with Gasteiger partial charge < -0.3 is 5.32 Å². The van der Waals surface area contributed by atoms with Crippen molar-refractivity contribution in [1.82, 2.24) is 5.32 Å². The largest absolute Gasteiger partial charge is 0.376 e. The van der Waals surface area contributed by atoms with Crippen LogP contribution in [0.3, 0.4) is 0 Å². The van der Waals surface area contributed by atoms with E-state index in [1.54, 1.807) is 12.4 Å². The molecule has 11 heavy (non-hydrogen) atoms. The molecule has 1 rings (SSSR count). The maximum absolute atomic E-state index is 11.3. The molecular weight excluding hydrogens is 140 g/mol. The molecule has 0 atom stereocenters. The first-order chi connectivity index (χ1) is 5.22. The summed E-state index contributed by atoms with van der Waals surface area (Å²) in [5.74, 6) is 0.170. The molecule has 0 saturated heterocycles. The Bertz CT molecular complexity index is 216. The summed E-state index contributed by atoms with van der Waals surface area (Å²) in [5.41, 5.74) is 0.627. The van der Waals surface area contributed by atoms with Crippen molar-refractivity contribution in [1.29, 1.82) is 0 Å². The summed E-state index contributed by atoms with van der Waals surface area (Å²) in [7, 11) is 0. The second-order valence-electron chi connectivity index (χ2n) is 2.77. The molecule has 0 fully saturated rings. The number of carbonyl (C=O) groups excluding carboxylic acids is 1. The van der Waals surface area contributed by atoms with E-state index in [2.05, 4.69) is 10.3 Å². The average Bonchev–Trinajstić information content (AvgIpc) is 2.05. The Morgan fingerprint density at radius 3 is 2.91 bits per heavy atom. The van der Waals surface area contributed by atoms with Gasteiger partial charge in [-0.15, -0.1) is 0 Å². The van der Waals surface area contributed by atoms with Gasteiger partial charge in [0.25, 0.3) is 0 Å². The third kappa shape index (κ3) is 1.90. The molecule has 0 aromatic heterocycles. The van der Waals surface area contributed by atoms with E-state index < -0.39 is 0 Å². The van der Waals surface area contributed by atoms with Gasteiger partial charge in [0.05, 0.1) is 18.4 Å². The molecule has 0 bridgehead atoms. The van der Waals surface area contributed by atoms with E-state index in [0.717, 1.165) is 0 Å². The first-order valence-electron chi connectivity index (χ1n) is 3.71. The molecule has 3 heteroatoms. The van der Waals surface area contributed by atoms with Crippen LogP contribution in [0, 0.1) is 5.92 Å². The van der Waals surface area contributed by atoms with Gasteiger partial charge in [0.2, 0.25) is 0 Å². The second-order valence-corrected chi connectivity index (χ2v) is 2.77. The van der Waals surface area contributed by atoms with Gasteiger partial charge in [0.1, 0.15) is 0 Å². The van der Waals surface area contributed by atoms with Crippen molar-refractivity contribution in [2.24, 2.45) is 10.9 Å². The zero-order valence-electron chi connectivity index (χ0n) is 6.79. The lowest BCUT2D eigenvalue weighted by molar-refractivity contribution is -0.118. The van der Waals surface area contributed by atoms with Crippen molar-refractivity contribution in [3.63, 3.8) is 0 Å². The van der Waals surface area contributed by atoms with Gasteiger partial charge in [-0.25, -0.2) is 0 Å². The van der Waals surface area contributed by atoms with Crippen molar-refractivity contribution in [2.45, 2.75) is 13.8 Å². The molecule has 0 aliphatic carbocycles. The van der Waals surface area contributed by atoms with Crippen LogP contribution in [0.15, 0.2) is 16.9 Å². The van der Waals surface area contributed by atoms with Crippen molar-refractivity contribution in [2.75, 3.05) is 6.54 Å². The van der Waals surface area contributed by atoms with Crippen molar-refractivity contribution in [3.05, 3.63) is 11.9 Å². The highest BCUT2D eigenvalue weighted by atomic mass is 16.1. The Hall–Kier alpha value is -1.12. The SMILES string of the molecule is CC(C)C(=O)C1=CN=CCN1. The van der Waals surface area contributed by atoms with Crippen LogP contribution in [0.2, 0.25) is 0 Å². The Labute approximate surface area is 66.2 Å². The van der Waals surface area contributed by atoms with Gasteiger partial charge in [-0.2, -0.15) is 0 Å². The first-order valence-corrected chi connectivity index (χ1v) is 3.71. The minimum absolute atomic E-state index is 0.0436. The van der Waals surface area contributed by atoms with E-state index in [0.29, 0.717) is 12.2 Å². The fourth-order valence-electron chi connectivity index (χ4n) is 0.843. The highest BCUT2D eigenvalue weighted by molar-refractivity contribution is 5.97. The first kappa shape index (κ1) is 7.98. The third-order valence-corrected chi connectivity index (χ3v) is 1.48. The molecule has 60 valence electrons. The molecule has 0 radical (unpaired) electrons. The summed E-state index contributed by atoms with van der Waals surface area (Å²) in [4.78, 5) is 15.2. The van der Waals surface area contributed by atoms with Gasteiger partial charge in [-0.3, -0.25) is 9.79 Å². The number of nitrogens with one attached hydrogen (secondary N) is 1. The molecule has 0 aromatic carbocycles. The number of hydrogen-bond acceptors (Lipinski definition) is 3. The number of carbonyl (C=O) groups is 1. The Morgan fingerprint density at radius 1 is 1.73 bits per heavy atom. The monoisotopic (exact) mass is 152 g/mol. The van der Waals surface area contributed by atoms with E-state index in [1.807, 2.05) is 13.8 Å². The van der Waals surface area contributed by atoms with Crippen LogP contribution in [0.1, 0.15) is 13.8 Å². The summed E-state index contributed by atoms with van der Waals surface area (Å²) in [6, 6.07) is 0. The van der Waals surface area contributed by atoms with E-state index in [-0.39, 0.29) is 11.7 Å². The maximum Gasteiger partial charge on any atom is 0.182 e. The molecule has 0 aromatic rings. The van der Waals surface area contributed by atoms with Gasteiger partial charge in [-0.05, 0) is 0 Å². The molecule has 1 aliphatic heterocycles. The number of aliphatic imine (C=N–C) groups is 1. The van der Waals surface area contributed by atoms with E-state index >= 15 is 0 Å². The van der Waals surface area contributed by atoms with Crippen LogP contribution in [-0.4, -0.2) is 18.5 Å². The summed E-state index contributed by atoms with van der Waals surface area (Å²) in [6.45, 7) is 4.41. The molecule has 1 aliphatic rings. The molecule has 0 amide bonds. The summed E-state index contributed by atoms with van der Waals surface area (Å²) in [5, 5.41) is 2.96. The number of nitrogens with zero attached hydrogens (tertiary/aromatic N) is 1. The topological polar surface area (TPSA) is 41.5 Å². The van der Waals surface area contributed by atoms with Crippen molar-refractivity contribution in [3.8, 4) is 0 Å². The van der Waals surface area contributed by atoms with Crippen LogP contribution >= 0.6 is 0 Å². The Morgan fingerprint density at radius 2 is 2.45 bits per heavy atom. The van der Waals surface area contributed by atoms with E-state index in [4.69, 9.17) is 0 Å². The van der Waals surface area contributed by atoms with Crippen LogP contribution in [-0.2, 0) is 4.79 Å². The van der Waals surface area contributed by atoms with Crippen molar-refractivity contribution < 1.29 is 4.79 Å². The molecular formula is C8H12N2O.